The molecule has 1 unspecified atom stereocenters. The van der Waals surface area contributed by atoms with Crippen LogP contribution in [0.25, 0.3) is 11.5 Å². The fourth-order valence-electron chi connectivity index (χ4n) is 1.71. The van der Waals surface area contributed by atoms with E-state index >= 15 is 0 Å². The van der Waals surface area contributed by atoms with Crippen molar-refractivity contribution < 1.29 is 9.26 Å². The second-order valence-electron chi connectivity index (χ2n) is 3.90. The summed E-state index contributed by atoms with van der Waals surface area (Å²) in [5.74, 6) is 0.968. The fourth-order valence-corrected chi connectivity index (χ4v) is 1.82. The highest BCUT2D eigenvalue weighted by molar-refractivity contribution is 6.30. The Morgan fingerprint density at radius 3 is 3.06 bits per heavy atom. The first-order chi connectivity index (χ1) is 8.83. The summed E-state index contributed by atoms with van der Waals surface area (Å²) in [6.07, 6.45) is 1.55. The van der Waals surface area contributed by atoms with Gasteiger partial charge in [0.1, 0.15) is 11.7 Å². The van der Waals surface area contributed by atoms with E-state index in [1.54, 1.807) is 18.3 Å². The maximum atomic E-state index is 5.77. The highest BCUT2D eigenvalue weighted by Crippen LogP contribution is 2.19. The molecule has 1 fully saturated rings. The standard InChI is InChI=1S/C11H11ClN4O2/c12-7-1-2-8(14-5-7)10-15-11(18-16-10)9-6-17-4-3-13-9/h1-2,5,9,13H,3-4,6H2. The molecule has 0 spiro atoms. The summed E-state index contributed by atoms with van der Waals surface area (Å²) >= 11 is 5.77. The van der Waals surface area contributed by atoms with Crippen LogP contribution in [0.15, 0.2) is 22.9 Å². The predicted molar refractivity (Wildman–Crippen MR) is 64.1 cm³/mol. The number of nitrogens with zero attached hydrogens (tertiary/aromatic N) is 3. The van der Waals surface area contributed by atoms with E-state index in [0.717, 1.165) is 6.54 Å². The molecule has 0 aliphatic carbocycles. The molecule has 1 aliphatic rings. The predicted octanol–water partition coefficient (Wildman–Crippen LogP) is 1.45. The zero-order chi connectivity index (χ0) is 12.4. The molecule has 0 bridgehead atoms. The van der Waals surface area contributed by atoms with Crippen LogP contribution in [0, 0.1) is 0 Å². The van der Waals surface area contributed by atoms with Crippen molar-refractivity contribution in [1.29, 1.82) is 0 Å². The van der Waals surface area contributed by atoms with Crippen LogP contribution in [-0.2, 0) is 4.74 Å². The molecular formula is C11H11ClN4O2. The molecule has 3 rings (SSSR count). The minimum atomic E-state index is -0.0488. The number of halogens is 1. The molecule has 0 amide bonds. The molecule has 1 N–H and O–H groups in total. The Labute approximate surface area is 108 Å². The normalized spacial score (nSPS) is 19.9. The Morgan fingerprint density at radius 1 is 1.39 bits per heavy atom. The van der Waals surface area contributed by atoms with Gasteiger partial charge in [-0.25, -0.2) is 0 Å². The molecule has 0 aromatic carbocycles. The molecular weight excluding hydrogens is 256 g/mol. The molecule has 3 heterocycles. The van der Waals surface area contributed by atoms with E-state index < -0.39 is 0 Å². The van der Waals surface area contributed by atoms with Crippen molar-refractivity contribution in [3.8, 4) is 11.5 Å². The molecule has 1 saturated heterocycles. The number of rotatable bonds is 2. The van der Waals surface area contributed by atoms with Gasteiger partial charge < -0.3 is 14.6 Å². The third-order valence-electron chi connectivity index (χ3n) is 2.62. The third-order valence-corrected chi connectivity index (χ3v) is 2.84. The maximum absolute atomic E-state index is 5.77. The van der Waals surface area contributed by atoms with E-state index in [0.29, 0.717) is 35.6 Å². The molecule has 0 saturated carbocycles. The van der Waals surface area contributed by atoms with Gasteiger partial charge in [0.05, 0.1) is 18.2 Å². The SMILES string of the molecule is Clc1ccc(-c2noc(C3COCCN3)n2)nc1. The molecule has 18 heavy (non-hydrogen) atoms. The lowest BCUT2D eigenvalue weighted by molar-refractivity contribution is 0.0659. The molecule has 0 radical (unpaired) electrons. The molecule has 7 heteroatoms. The third kappa shape index (κ3) is 2.35. The minimum Gasteiger partial charge on any atom is -0.378 e. The van der Waals surface area contributed by atoms with Crippen molar-refractivity contribution >= 4 is 11.6 Å². The van der Waals surface area contributed by atoms with Crippen LogP contribution >= 0.6 is 11.6 Å². The van der Waals surface area contributed by atoms with Gasteiger partial charge in [-0.3, -0.25) is 4.98 Å². The Bertz CT molecular complexity index is 522. The maximum Gasteiger partial charge on any atom is 0.246 e. The Morgan fingerprint density at radius 2 is 2.33 bits per heavy atom. The second kappa shape index (κ2) is 5.01. The summed E-state index contributed by atoms with van der Waals surface area (Å²) in [6, 6.07) is 3.44. The minimum absolute atomic E-state index is 0.0488. The van der Waals surface area contributed by atoms with Crippen LogP contribution in [-0.4, -0.2) is 34.9 Å². The highest BCUT2D eigenvalue weighted by atomic mass is 35.5. The number of hydrogen-bond donors (Lipinski definition) is 1. The van der Waals surface area contributed by atoms with Crippen LogP contribution in [0.2, 0.25) is 5.02 Å². The number of aromatic nitrogens is 3. The average Bonchev–Trinajstić information content (AvgIpc) is 2.90. The van der Waals surface area contributed by atoms with Gasteiger partial charge in [-0.15, -0.1) is 0 Å². The Kier molecular flexibility index (Phi) is 3.22. The number of morpholine rings is 1. The average molecular weight is 267 g/mol. The largest absolute Gasteiger partial charge is 0.378 e. The molecule has 2 aromatic rings. The van der Waals surface area contributed by atoms with E-state index in [-0.39, 0.29) is 6.04 Å². The van der Waals surface area contributed by atoms with Crippen LogP contribution in [0.1, 0.15) is 11.9 Å². The summed E-state index contributed by atoms with van der Waals surface area (Å²) < 4.78 is 10.6. The number of nitrogens with one attached hydrogen (secondary N) is 1. The van der Waals surface area contributed by atoms with Crippen molar-refractivity contribution in [3.63, 3.8) is 0 Å². The number of pyridine rings is 1. The fraction of sp³-hybridized carbons (Fsp3) is 0.364. The van der Waals surface area contributed by atoms with E-state index in [9.17, 15) is 0 Å². The number of hydrogen-bond acceptors (Lipinski definition) is 6. The molecule has 6 nitrogen and oxygen atoms in total. The monoisotopic (exact) mass is 266 g/mol. The summed E-state index contributed by atoms with van der Waals surface area (Å²) in [5, 5.41) is 7.72. The van der Waals surface area contributed by atoms with Crippen LogP contribution in [0.5, 0.6) is 0 Å². The van der Waals surface area contributed by atoms with E-state index in [2.05, 4.69) is 20.4 Å². The van der Waals surface area contributed by atoms with Crippen molar-refractivity contribution in [1.82, 2.24) is 20.4 Å². The lowest BCUT2D eigenvalue weighted by Gasteiger charge is -2.20. The van der Waals surface area contributed by atoms with E-state index in [1.807, 2.05) is 0 Å². The van der Waals surface area contributed by atoms with Crippen molar-refractivity contribution in [2.24, 2.45) is 0 Å². The summed E-state index contributed by atoms with van der Waals surface area (Å²) in [5.41, 5.74) is 0.631. The van der Waals surface area contributed by atoms with Gasteiger partial charge in [0.15, 0.2) is 0 Å². The molecule has 1 aliphatic heterocycles. The summed E-state index contributed by atoms with van der Waals surface area (Å²) in [6.45, 7) is 2.02. The quantitative estimate of drug-likeness (QED) is 0.887. The first-order valence-corrected chi connectivity index (χ1v) is 5.97. The van der Waals surface area contributed by atoms with Gasteiger partial charge in [-0.1, -0.05) is 16.8 Å². The number of ether oxygens (including phenoxy) is 1. The van der Waals surface area contributed by atoms with Crippen LogP contribution in [0.3, 0.4) is 0 Å². The topological polar surface area (TPSA) is 73.1 Å². The summed E-state index contributed by atoms with van der Waals surface area (Å²) in [7, 11) is 0. The highest BCUT2D eigenvalue weighted by Gasteiger charge is 2.22. The van der Waals surface area contributed by atoms with Gasteiger partial charge in [-0.2, -0.15) is 4.98 Å². The van der Waals surface area contributed by atoms with Crippen molar-refractivity contribution in [3.05, 3.63) is 29.2 Å². The molecule has 1 atom stereocenters. The first-order valence-electron chi connectivity index (χ1n) is 5.59. The second-order valence-corrected chi connectivity index (χ2v) is 4.34. The summed E-state index contributed by atoms with van der Waals surface area (Å²) in [4.78, 5) is 8.45. The Balaban J connectivity index is 1.82. The van der Waals surface area contributed by atoms with Crippen LogP contribution in [0.4, 0.5) is 0 Å². The van der Waals surface area contributed by atoms with Gasteiger partial charge in [0.2, 0.25) is 11.7 Å². The van der Waals surface area contributed by atoms with E-state index in [4.69, 9.17) is 20.9 Å². The molecule has 94 valence electrons. The van der Waals surface area contributed by atoms with Gasteiger partial charge in [-0.05, 0) is 12.1 Å². The lowest BCUT2D eigenvalue weighted by atomic mass is 10.3. The van der Waals surface area contributed by atoms with Gasteiger partial charge >= 0.3 is 0 Å². The lowest BCUT2D eigenvalue weighted by Crippen LogP contribution is -2.34. The van der Waals surface area contributed by atoms with Crippen LogP contribution < -0.4 is 5.32 Å². The first kappa shape index (κ1) is 11.6. The van der Waals surface area contributed by atoms with Crippen molar-refractivity contribution in [2.75, 3.05) is 19.8 Å². The molecule has 2 aromatic heterocycles. The zero-order valence-electron chi connectivity index (χ0n) is 9.47. The van der Waals surface area contributed by atoms with Gasteiger partial charge in [0, 0.05) is 12.7 Å². The zero-order valence-corrected chi connectivity index (χ0v) is 10.2. The van der Waals surface area contributed by atoms with E-state index in [1.165, 1.54) is 0 Å². The smallest absolute Gasteiger partial charge is 0.246 e. The Hall–Kier alpha value is -1.50. The van der Waals surface area contributed by atoms with Crippen molar-refractivity contribution in [2.45, 2.75) is 6.04 Å². The van der Waals surface area contributed by atoms with Gasteiger partial charge in [0.25, 0.3) is 0 Å².